The normalized spacial score (nSPS) is 19.3. The number of hydrogen-bond acceptors (Lipinski definition) is 6. The number of rotatable bonds is 5. The Hall–Kier alpha value is -3.00. The molecular formula is C19H23N5O3. The van der Waals surface area contributed by atoms with Crippen molar-refractivity contribution in [1.82, 2.24) is 25.0 Å². The molecule has 1 saturated heterocycles. The maximum Gasteiger partial charge on any atom is 0.295 e. The number of pyridine rings is 1. The molecule has 1 unspecified atom stereocenters. The molecule has 8 heteroatoms. The minimum Gasteiger partial charge on any atom is -0.507 e. The summed E-state index contributed by atoms with van der Waals surface area (Å²) in [6.07, 6.45) is 1.61. The van der Waals surface area contributed by atoms with Gasteiger partial charge in [-0.1, -0.05) is 6.07 Å². The minimum atomic E-state index is -0.736. The number of aliphatic hydroxyl groups is 1. The number of carbonyl (C=O) groups excluding carboxylic acids is 2. The number of aromatic nitrogens is 3. The molecule has 3 heterocycles. The first-order chi connectivity index (χ1) is 12.8. The lowest BCUT2D eigenvalue weighted by Crippen LogP contribution is -2.35. The van der Waals surface area contributed by atoms with Crippen LogP contribution < -0.4 is 0 Å². The van der Waals surface area contributed by atoms with Crippen LogP contribution in [0.25, 0.3) is 5.76 Å². The van der Waals surface area contributed by atoms with Crippen LogP contribution >= 0.6 is 0 Å². The first-order valence-electron chi connectivity index (χ1n) is 8.69. The Balaban J connectivity index is 2.17. The molecule has 2 aromatic heterocycles. The van der Waals surface area contributed by atoms with Gasteiger partial charge in [-0.3, -0.25) is 19.7 Å². The predicted octanol–water partition coefficient (Wildman–Crippen LogP) is 1.40. The van der Waals surface area contributed by atoms with E-state index in [0.717, 1.165) is 0 Å². The fourth-order valence-corrected chi connectivity index (χ4v) is 3.30. The zero-order chi connectivity index (χ0) is 19.7. The molecule has 27 heavy (non-hydrogen) atoms. The Labute approximate surface area is 157 Å². The number of H-pyrrole nitrogens is 1. The van der Waals surface area contributed by atoms with Crippen LogP contribution in [0.15, 0.2) is 30.0 Å². The van der Waals surface area contributed by atoms with Gasteiger partial charge in [0.2, 0.25) is 0 Å². The van der Waals surface area contributed by atoms with Crippen molar-refractivity contribution in [3.05, 3.63) is 52.6 Å². The number of Topliss-reactive ketones (excluding diaryl/α,β-unsaturated/α-hetero) is 1. The highest BCUT2D eigenvalue weighted by Gasteiger charge is 2.46. The summed E-state index contributed by atoms with van der Waals surface area (Å²) in [6.45, 7) is 4.42. The van der Waals surface area contributed by atoms with Gasteiger partial charge in [-0.15, -0.1) is 0 Å². The fourth-order valence-electron chi connectivity index (χ4n) is 3.30. The van der Waals surface area contributed by atoms with E-state index < -0.39 is 17.7 Å². The number of aromatic amines is 1. The van der Waals surface area contributed by atoms with Crippen LogP contribution in [0, 0.1) is 13.8 Å². The second-order valence-electron chi connectivity index (χ2n) is 6.86. The average Bonchev–Trinajstić information content (AvgIpc) is 3.10. The molecule has 2 aromatic rings. The van der Waals surface area contributed by atoms with Crippen molar-refractivity contribution in [2.24, 2.45) is 0 Å². The van der Waals surface area contributed by atoms with E-state index >= 15 is 0 Å². The van der Waals surface area contributed by atoms with E-state index in [2.05, 4.69) is 15.2 Å². The largest absolute Gasteiger partial charge is 0.507 e. The minimum absolute atomic E-state index is 0.0463. The number of nitrogens with one attached hydrogen (secondary N) is 1. The molecule has 0 radical (unpaired) electrons. The summed E-state index contributed by atoms with van der Waals surface area (Å²) in [5.41, 5.74) is 2.22. The maximum absolute atomic E-state index is 12.8. The number of nitrogens with zero attached hydrogens (tertiary/aromatic N) is 4. The van der Waals surface area contributed by atoms with E-state index in [1.807, 2.05) is 19.0 Å². The molecule has 1 atom stereocenters. The van der Waals surface area contributed by atoms with Gasteiger partial charge in [-0.2, -0.15) is 5.10 Å². The van der Waals surface area contributed by atoms with Gasteiger partial charge < -0.3 is 14.9 Å². The summed E-state index contributed by atoms with van der Waals surface area (Å²) >= 11 is 0. The maximum atomic E-state index is 12.8. The van der Waals surface area contributed by atoms with Crippen molar-refractivity contribution in [2.45, 2.75) is 19.9 Å². The molecule has 1 amide bonds. The number of likely N-dealkylation sites (tertiary alicyclic amines) is 1. The molecule has 142 valence electrons. The molecule has 1 fully saturated rings. The highest BCUT2D eigenvalue weighted by molar-refractivity contribution is 6.46. The lowest BCUT2D eigenvalue weighted by molar-refractivity contribution is -0.140. The summed E-state index contributed by atoms with van der Waals surface area (Å²) in [6, 6.07) is 4.57. The first kappa shape index (κ1) is 18.8. The Morgan fingerprint density at radius 2 is 2.04 bits per heavy atom. The summed E-state index contributed by atoms with van der Waals surface area (Å²) in [5.74, 6) is -1.56. The molecule has 1 aliphatic rings. The van der Waals surface area contributed by atoms with Crippen molar-refractivity contribution in [2.75, 3.05) is 27.2 Å². The van der Waals surface area contributed by atoms with Gasteiger partial charge >= 0.3 is 0 Å². The number of aliphatic hydroxyl groups excluding tert-OH is 1. The Morgan fingerprint density at radius 1 is 1.30 bits per heavy atom. The van der Waals surface area contributed by atoms with E-state index in [1.165, 1.54) is 4.90 Å². The lowest BCUT2D eigenvalue weighted by atomic mass is 9.97. The SMILES string of the molecule is Cc1n[nH]c(C)c1C(O)=C1C(=O)C(=O)N(CCN(C)C)C1c1ccccn1. The van der Waals surface area contributed by atoms with Crippen molar-refractivity contribution in [3.8, 4) is 0 Å². The third kappa shape index (κ3) is 3.35. The molecule has 3 rings (SSSR count). The smallest absolute Gasteiger partial charge is 0.295 e. The number of hydrogen-bond donors (Lipinski definition) is 2. The van der Waals surface area contributed by atoms with Gasteiger partial charge in [0.25, 0.3) is 11.7 Å². The van der Waals surface area contributed by atoms with Gasteiger partial charge in [0.1, 0.15) is 11.8 Å². The molecular weight excluding hydrogens is 346 g/mol. The lowest BCUT2D eigenvalue weighted by Gasteiger charge is -2.25. The number of ketones is 1. The van der Waals surface area contributed by atoms with Crippen molar-refractivity contribution >= 4 is 17.4 Å². The zero-order valence-electron chi connectivity index (χ0n) is 15.9. The second kappa shape index (κ2) is 7.32. The van der Waals surface area contributed by atoms with Crippen molar-refractivity contribution < 1.29 is 14.7 Å². The summed E-state index contributed by atoms with van der Waals surface area (Å²) in [7, 11) is 3.79. The second-order valence-corrected chi connectivity index (χ2v) is 6.86. The van der Waals surface area contributed by atoms with Crippen LogP contribution in [-0.2, 0) is 9.59 Å². The summed E-state index contributed by atoms with van der Waals surface area (Å²) in [5, 5.41) is 17.8. The number of likely N-dealkylation sites (N-methyl/N-ethyl adjacent to an activating group) is 1. The summed E-state index contributed by atoms with van der Waals surface area (Å²) in [4.78, 5) is 33.3. The van der Waals surface area contributed by atoms with E-state index in [4.69, 9.17) is 0 Å². The Bertz CT molecular complexity index is 882. The number of amides is 1. The number of aryl methyl sites for hydroxylation is 2. The molecule has 8 nitrogen and oxygen atoms in total. The van der Waals surface area contributed by atoms with Gasteiger partial charge in [-0.25, -0.2) is 0 Å². The summed E-state index contributed by atoms with van der Waals surface area (Å²) < 4.78 is 0. The van der Waals surface area contributed by atoms with Gasteiger partial charge in [0.05, 0.1) is 22.5 Å². The molecule has 0 spiro atoms. The molecule has 0 aromatic carbocycles. The highest BCUT2D eigenvalue weighted by Crippen LogP contribution is 2.39. The molecule has 0 aliphatic carbocycles. The van der Waals surface area contributed by atoms with Crippen molar-refractivity contribution in [1.29, 1.82) is 0 Å². The third-order valence-corrected chi connectivity index (χ3v) is 4.66. The van der Waals surface area contributed by atoms with Crippen LogP contribution in [0.4, 0.5) is 0 Å². The molecule has 2 N–H and O–H groups in total. The van der Waals surface area contributed by atoms with Crippen molar-refractivity contribution in [3.63, 3.8) is 0 Å². The third-order valence-electron chi connectivity index (χ3n) is 4.66. The zero-order valence-corrected chi connectivity index (χ0v) is 15.9. The van der Waals surface area contributed by atoms with E-state index in [0.29, 0.717) is 35.7 Å². The van der Waals surface area contributed by atoms with E-state index in [1.54, 1.807) is 38.2 Å². The molecule has 0 bridgehead atoms. The molecule has 1 aliphatic heterocycles. The Morgan fingerprint density at radius 3 is 2.59 bits per heavy atom. The van der Waals surface area contributed by atoms with Gasteiger partial charge in [0, 0.05) is 25.0 Å². The van der Waals surface area contributed by atoms with E-state index in [-0.39, 0.29) is 11.3 Å². The average molecular weight is 369 g/mol. The standard InChI is InChI=1S/C19H23N5O3/c1-11-14(12(2)22-21-11)17(25)15-16(13-7-5-6-8-20-13)24(10-9-23(3)4)19(27)18(15)26/h5-8,16,25H,9-10H2,1-4H3,(H,21,22). The molecule has 0 saturated carbocycles. The van der Waals surface area contributed by atoms with Crippen LogP contribution in [0.5, 0.6) is 0 Å². The monoisotopic (exact) mass is 369 g/mol. The highest BCUT2D eigenvalue weighted by atomic mass is 16.3. The van der Waals surface area contributed by atoms with Crippen LogP contribution in [0.3, 0.4) is 0 Å². The predicted molar refractivity (Wildman–Crippen MR) is 99.9 cm³/mol. The first-order valence-corrected chi connectivity index (χ1v) is 8.69. The van der Waals surface area contributed by atoms with E-state index in [9.17, 15) is 14.7 Å². The fraction of sp³-hybridized carbons (Fsp3) is 0.368. The van der Waals surface area contributed by atoms with Crippen LogP contribution in [0.2, 0.25) is 0 Å². The van der Waals surface area contributed by atoms with Gasteiger partial charge in [0.15, 0.2) is 0 Å². The Kier molecular flexibility index (Phi) is 5.09. The topological polar surface area (TPSA) is 102 Å². The van der Waals surface area contributed by atoms with Crippen LogP contribution in [0.1, 0.15) is 28.7 Å². The number of carbonyl (C=O) groups is 2. The van der Waals surface area contributed by atoms with Gasteiger partial charge in [-0.05, 0) is 40.1 Å². The quantitative estimate of drug-likeness (QED) is 0.469. The van der Waals surface area contributed by atoms with Crippen LogP contribution in [-0.4, -0.2) is 69.0 Å².